The summed E-state index contributed by atoms with van der Waals surface area (Å²) in [7, 11) is 0.293. The molecule has 2 aliphatic heterocycles. The highest BCUT2D eigenvalue weighted by Crippen LogP contribution is 2.34. The van der Waals surface area contributed by atoms with Gasteiger partial charge in [0.15, 0.2) is 5.03 Å². The lowest BCUT2D eigenvalue weighted by atomic mass is 9.88. The van der Waals surface area contributed by atoms with Crippen LogP contribution in [0.3, 0.4) is 0 Å². The van der Waals surface area contributed by atoms with Gasteiger partial charge in [-0.15, -0.1) is 0 Å². The van der Waals surface area contributed by atoms with Gasteiger partial charge in [-0.3, -0.25) is 0 Å². The molecule has 1 aromatic heterocycles. The minimum atomic E-state index is -3.54. The fourth-order valence-electron chi connectivity index (χ4n) is 3.22. The van der Waals surface area contributed by atoms with Gasteiger partial charge < -0.3 is 14.2 Å². The molecular formula is C13H22N4O3S. The van der Waals surface area contributed by atoms with Gasteiger partial charge in [0.25, 0.3) is 10.0 Å². The minimum Gasteiger partial charge on any atom is -0.379 e. The molecule has 0 radical (unpaired) electrons. The minimum absolute atomic E-state index is 0.0902. The summed E-state index contributed by atoms with van der Waals surface area (Å²) in [6.07, 6.45) is 4.03. The zero-order valence-electron chi connectivity index (χ0n) is 12.5. The molecule has 0 N–H and O–H groups in total. The molecule has 1 spiro atoms. The lowest BCUT2D eigenvalue weighted by Gasteiger charge is -2.30. The smallest absolute Gasteiger partial charge is 0.262 e. The summed E-state index contributed by atoms with van der Waals surface area (Å²) in [4.78, 5) is 6.24. The van der Waals surface area contributed by atoms with Crippen LogP contribution < -0.4 is 0 Å². The van der Waals surface area contributed by atoms with Crippen molar-refractivity contribution in [1.29, 1.82) is 0 Å². The fourth-order valence-corrected chi connectivity index (χ4v) is 4.72. The molecule has 21 heavy (non-hydrogen) atoms. The fraction of sp³-hybridized carbons (Fsp3) is 0.769. The quantitative estimate of drug-likeness (QED) is 0.754. The van der Waals surface area contributed by atoms with Gasteiger partial charge >= 0.3 is 0 Å². The number of ether oxygens (including phenoxy) is 1. The van der Waals surface area contributed by atoms with Crippen LogP contribution in [-0.2, 0) is 21.8 Å². The first-order valence-corrected chi connectivity index (χ1v) is 8.60. The molecule has 2 saturated heterocycles. The third-order valence-corrected chi connectivity index (χ3v) is 6.05. The number of hydrogen-bond acceptors (Lipinski definition) is 5. The summed E-state index contributed by atoms with van der Waals surface area (Å²) in [6, 6.07) is 0. The molecule has 1 atom stereocenters. The molecule has 1 aromatic rings. The first-order chi connectivity index (χ1) is 9.91. The molecule has 0 bridgehead atoms. The Morgan fingerprint density at radius 2 is 2.10 bits per heavy atom. The predicted octanol–water partition coefficient (Wildman–Crippen LogP) is -0.237. The van der Waals surface area contributed by atoms with Crippen LogP contribution in [0.1, 0.15) is 6.42 Å². The van der Waals surface area contributed by atoms with Crippen LogP contribution in [0.4, 0.5) is 0 Å². The number of likely N-dealkylation sites (tertiary alicyclic amines) is 1. The molecule has 0 amide bonds. The topological polar surface area (TPSA) is 67.7 Å². The molecule has 1 unspecified atom stereocenters. The molecular weight excluding hydrogens is 292 g/mol. The first-order valence-electron chi connectivity index (χ1n) is 7.16. The molecule has 2 aliphatic rings. The highest BCUT2D eigenvalue weighted by Gasteiger charge is 2.43. The van der Waals surface area contributed by atoms with Crippen LogP contribution in [0.15, 0.2) is 17.6 Å². The van der Waals surface area contributed by atoms with E-state index in [2.05, 4.69) is 16.9 Å². The molecule has 3 rings (SSSR count). The van der Waals surface area contributed by atoms with Crippen molar-refractivity contribution in [3.05, 3.63) is 12.5 Å². The second kappa shape index (κ2) is 5.35. The summed E-state index contributed by atoms with van der Waals surface area (Å²) in [5.41, 5.74) is -0.0902. The Morgan fingerprint density at radius 1 is 1.29 bits per heavy atom. The summed E-state index contributed by atoms with van der Waals surface area (Å²) in [6.45, 7) is 3.84. The largest absolute Gasteiger partial charge is 0.379 e. The highest BCUT2D eigenvalue weighted by atomic mass is 32.2. The van der Waals surface area contributed by atoms with Crippen molar-refractivity contribution in [2.45, 2.75) is 11.4 Å². The number of aromatic nitrogens is 2. The van der Waals surface area contributed by atoms with Crippen LogP contribution in [0.5, 0.6) is 0 Å². The highest BCUT2D eigenvalue weighted by molar-refractivity contribution is 7.89. The summed E-state index contributed by atoms with van der Waals surface area (Å²) in [5.74, 6) is 0. The van der Waals surface area contributed by atoms with E-state index in [1.807, 2.05) is 0 Å². The third-order valence-electron chi connectivity index (χ3n) is 4.32. The number of sulfonamides is 1. The number of rotatable bonds is 2. The average Bonchev–Trinajstić information content (AvgIpc) is 2.93. The Balaban J connectivity index is 1.87. The maximum absolute atomic E-state index is 12.8. The van der Waals surface area contributed by atoms with Crippen molar-refractivity contribution in [3.63, 3.8) is 0 Å². The van der Waals surface area contributed by atoms with E-state index in [1.165, 1.54) is 6.33 Å². The Morgan fingerprint density at radius 3 is 2.71 bits per heavy atom. The second-order valence-electron chi connectivity index (χ2n) is 6.26. The van der Waals surface area contributed by atoms with Gasteiger partial charge in [0.1, 0.15) is 0 Å². The Hall–Kier alpha value is -0.960. The van der Waals surface area contributed by atoms with Crippen LogP contribution in [0.2, 0.25) is 0 Å². The lowest BCUT2D eigenvalue weighted by Crippen LogP contribution is -2.43. The number of aryl methyl sites for hydroxylation is 1. The lowest BCUT2D eigenvalue weighted by molar-refractivity contribution is 0.0743. The monoisotopic (exact) mass is 314 g/mol. The third kappa shape index (κ3) is 2.85. The molecule has 8 heteroatoms. The van der Waals surface area contributed by atoms with Gasteiger partial charge in [0.2, 0.25) is 0 Å². The Bertz CT molecular complexity index is 615. The first kappa shape index (κ1) is 15.0. The molecule has 2 fully saturated rings. The van der Waals surface area contributed by atoms with E-state index in [0.717, 1.165) is 19.5 Å². The van der Waals surface area contributed by atoms with Gasteiger partial charge in [-0.2, -0.15) is 4.31 Å². The zero-order valence-corrected chi connectivity index (χ0v) is 13.3. The van der Waals surface area contributed by atoms with Crippen molar-refractivity contribution < 1.29 is 13.2 Å². The van der Waals surface area contributed by atoms with Crippen molar-refractivity contribution in [3.8, 4) is 0 Å². The maximum Gasteiger partial charge on any atom is 0.262 e. The van der Waals surface area contributed by atoms with Crippen LogP contribution in [0, 0.1) is 5.41 Å². The van der Waals surface area contributed by atoms with Crippen LogP contribution in [0.25, 0.3) is 0 Å². The summed E-state index contributed by atoms with van der Waals surface area (Å²) in [5, 5.41) is 0.119. The molecule has 0 saturated carbocycles. The SMILES string of the molecule is CN1CCC2(COCCN(S(=O)(=O)c3cn(C)cn3)C2)C1. The summed E-state index contributed by atoms with van der Waals surface area (Å²) >= 11 is 0. The van der Waals surface area contributed by atoms with Gasteiger partial charge in [-0.1, -0.05) is 0 Å². The van der Waals surface area contributed by atoms with Crippen LogP contribution in [-0.4, -0.2) is 73.6 Å². The number of nitrogens with zero attached hydrogens (tertiary/aromatic N) is 4. The van der Waals surface area contributed by atoms with Gasteiger partial charge in [-0.05, 0) is 20.0 Å². The van der Waals surface area contributed by atoms with E-state index in [-0.39, 0.29) is 10.4 Å². The van der Waals surface area contributed by atoms with Crippen molar-refractivity contribution in [2.24, 2.45) is 12.5 Å². The van der Waals surface area contributed by atoms with E-state index in [9.17, 15) is 8.42 Å². The predicted molar refractivity (Wildman–Crippen MR) is 77.3 cm³/mol. The average molecular weight is 314 g/mol. The zero-order chi connectivity index (χ0) is 15.1. The Labute approximate surface area is 125 Å². The maximum atomic E-state index is 12.8. The van der Waals surface area contributed by atoms with Crippen molar-refractivity contribution in [1.82, 2.24) is 18.8 Å². The van der Waals surface area contributed by atoms with Crippen molar-refractivity contribution in [2.75, 3.05) is 46.4 Å². The molecule has 7 nitrogen and oxygen atoms in total. The van der Waals surface area contributed by atoms with Crippen LogP contribution >= 0.6 is 0 Å². The molecule has 0 aliphatic carbocycles. The van der Waals surface area contributed by atoms with E-state index in [0.29, 0.717) is 26.3 Å². The number of hydrogen-bond donors (Lipinski definition) is 0. The molecule has 118 valence electrons. The summed E-state index contributed by atoms with van der Waals surface area (Å²) < 4.78 is 34.4. The van der Waals surface area contributed by atoms with E-state index >= 15 is 0 Å². The number of imidazole rings is 1. The van der Waals surface area contributed by atoms with Gasteiger partial charge in [-0.25, -0.2) is 13.4 Å². The molecule has 3 heterocycles. The van der Waals surface area contributed by atoms with Gasteiger partial charge in [0.05, 0.1) is 19.5 Å². The van der Waals surface area contributed by atoms with Gasteiger partial charge in [0, 0.05) is 38.3 Å². The normalized spacial score (nSPS) is 29.0. The van der Waals surface area contributed by atoms with E-state index in [4.69, 9.17) is 4.74 Å². The standard InChI is InChI=1S/C13H22N4O3S/c1-15-4-3-13(8-15)9-17(5-6-20-10-13)21(18,19)12-7-16(2)11-14-12/h7,11H,3-6,8-10H2,1-2H3. The van der Waals surface area contributed by atoms with Crippen molar-refractivity contribution >= 4 is 10.0 Å². The van der Waals surface area contributed by atoms with E-state index < -0.39 is 10.0 Å². The Kier molecular flexibility index (Phi) is 3.81. The second-order valence-corrected chi connectivity index (χ2v) is 8.14. The van der Waals surface area contributed by atoms with E-state index in [1.54, 1.807) is 22.1 Å². The molecule has 0 aromatic carbocycles.